The van der Waals surface area contributed by atoms with Gasteiger partial charge in [0.05, 0.1) is 13.1 Å². The quantitative estimate of drug-likeness (QED) is 0.114. The molecule has 4 aliphatic rings. The van der Waals surface area contributed by atoms with E-state index >= 15 is 0 Å². The van der Waals surface area contributed by atoms with Gasteiger partial charge in [0.15, 0.2) is 23.2 Å². The average Bonchev–Trinajstić information content (AvgIpc) is 3.79. The maximum Gasteiger partial charge on any atom is 0.317 e. The Hall–Kier alpha value is -3.87. The number of hydrogen-bond acceptors (Lipinski definition) is 11. The van der Waals surface area contributed by atoms with Crippen LogP contribution in [-0.4, -0.2) is 73.9 Å². The number of rotatable bonds is 4. The number of urea groups is 1. The zero-order valence-electron chi connectivity index (χ0n) is 31.9. The minimum absolute atomic E-state index is 0.000384. The van der Waals surface area contributed by atoms with Crippen LogP contribution in [0.5, 0.6) is 0 Å². The zero-order valence-corrected chi connectivity index (χ0v) is 33.8. The third-order valence-electron chi connectivity index (χ3n) is 10.5. The molecule has 4 heterocycles. The van der Waals surface area contributed by atoms with E-state index in [4.69, 9.17) is 22.2 Å². The first-order chi connectivity index (χ1) is 26.9. The molecule has 2 fully saturated rings. The molecule has 8 rings (SSSR count). The summed E-state index contributed by atoms with van der Waals surface area (Å²) in [6.07, 6.45) is 6.29. The third-order valence-corrected chi connectivity index (χ3v) is 10.6. The summed E-state index contributed by atoms with van der Waals surface area (Å²) in [4.78, 5) is 49.5. The number of carbonyl (C=O) groups excluding carboxylic acids is 3. The summed E-state index contributed by atoms with van der Waals surface area (Å²) < 4.78 is 42.4. The lowest BCUT2D eigenvalue weighted by Gasteiger charge is -2.44. The van der Waals surface area contributed by atoms with Crippen molar-refractivity contribution in [3.8, 4) is 0 Å². The molecule has 2 aliphatic carbocycles. The first-order valence-electron chi connectivity index (χ1n) is 18.7. The van der Waals surface area contributed by atoms with Gasteiger partial charge in [0.1, 0.15) is 11.6 Å². The van der Waals surface area contributed by atoms with Crippen LogP contribution in [0, 0.1) is 36.3 Å². The minimum Gasteiger partial charge on any atom is -0.338 e. The van der Waals surface area contributed by atoms with Gasteiger partial charge in [-0.05, 0) is 128 Å². The van der Waals surface area contributed by atoms with Crippen LogP contribution in [0.1, 0.15) is 95.2 Å². The highest BCUT2D eigenvalue weighted by molar-refractivity contribution is 14.1. The van der Waals surface area contributed by atoms with Crippen molar-refractivity contribution in [2.24, 2.45) is 10.8 Å². The molecule has 0 atom stereocenters. The standard InChI is InChI=1S/C19H21FN4O3.C14H16FNO.C4H6ClN3O.CH3I/c1-12-22-17(27-23-12)11-21-18(26)24-6-4-19(5-7-24)9-13-2-3-14(20)8-15(13)16(25)10-19;15-11-2-1-10-8-14(3-5-16-6-4-14)9-13(17)12(10)7-11;1-3-7-4(2-6-5)9-8-3;1-2/h2-3,8H,4-7,9-11H2,1H3,(H,21,26);1-2,7,16H,3-6,8-9H2;6H,2H2,1H3;1H3/i;;;1D. The first kappa shape index (κ1) is 40.8. The van der Waals surface area contributed by atoms with Crippen molar-refractivity contribution in [3.05, 3.63) is 93.7 Å². The number of ketones is 2. The Bertz CT molecular complexity index is 1970. The van der Waals surface area contributed by atoms with Crippen LogP contribution < -0.4 is 15.5 Å². The molecule has 3 N–H and O–H groups in total. The van der Waals surface area contributed by atoms with Crippen molar-refractivity contribution in [2.45, 2.75) is 78.3 Å². The number of hydrogen-bond donors (Lipinski definition) is 3. The number of nitrogens with zero attached hydrogens (tertiary/aromatic N) is 5. The molecule has 0 bridgehead atoms. The molecule has 0 saturated carbocycles. The molecule has 13 nitrogen and oxygen atoms in total. The van der Waals surface area contributed by atoms with E-state index in [0.29, 0.717) is 71.9 Å². The third kappa shape index (κ3) is 11.1. The summed E-state index contributed by atoms with van der Waals surface area (Å²) in [6, 6.07) is 8.93. The number of aromatic nitrogens is 4. The maximum absolute atomic E-state index is 13.4. The highest BCUT2D eigenvalue weighted by Crippen LogP contribution is 2.44. The number of Topliss-reactive ketones (excluding diaryl/α,β-unsaturated/α-hetero) is 2. The Kier molecular flexibility index (Phi) is 14.3. The topological polar surface area (TPSA) is 168 Å². The number of fused-ring (bicyclic) bond motifs is 2. The lowest BCUT2D eigenvalue weighted by Crippen LogP contribution is -2.49. The number of nitrogens with one attached hydrogen (secondary N) is 3. The van der Waals surface area contributed by atoms with Gasteiger partial charge in [-0.25, -0.2) is 18.4 Å². The van der Waals surface area contributed by atoms with Crippen molar-refractivity contribution in [3.63, 3.8) is 0 Å². The van der Waals surface area contributed by atoms with Gasteiger partial charge in [-0.15, -0.1) is 0 Å². The summed E-state index contributed by atoms with van der Waals surface area (Å²) in [7, 11) is 0. The predicted molar refractivity (Wildman–Crippen MR) is 209 cm³/mol. The molecule has 17 heteroatoms. The molecule has 4 aromatic rings. The van der Waals surface area contributed by atoms with Crippen LogP contribution in [0.25, 0.3) is 0 Å². The molecule has 2 amide bonds. The van der Waals surface area contributed by atoms with E-state index in [-0.39, 0.29) is 46.6 Å². The molecule has 2 aromatic heterocycles. The average molecular weight is 896 g/mol. The van der Waals surface area contributed by atoms with Crippen LogP contribution in [0.15, 0.2) is 45.4 Å². The van der Waals surface area contributed by atoms with Crippen LogP contribution in [0.4, 0.5) is 13.6 Å². The molecular formula is C38H46ClF2IN8O5. The molecule has 296 valence electrons. The predicted octanol–water partition coefficient (Wildman–Crippen LogP) is 6.64. The van der Waals surface area contributed by atoms with Crippen molar-refractivity contribution >= 4 is 52.0 Å². The molecule has 2 aliphatic heterocycles. The second kappa shape index (κ2) is 19.3. The normalized spacial score (nSPS) is 18.0. The Balaban J connectivity index is 0.000000175. The smallest absolute Gasteiger partial charge is 0.317 e. The molecular weight excluding hydrogens is 849 g/mol. The van der Waals surface area contributed by atoms with Gasteiger partial charge in [0.25, 0.3) is 0 Å². The highest BCUT2D eigenvalue weighted by atomic mass is 127. The molecule has 2 spiro atoms. The van der Waals surface area contributed by atoms with E-state index in [1.54, 1.807) is 30.9 Å². The van der Waals surface area contributed by atoms with Crippen molar-refractivity contribution in [1.82, 2.24) is 40.7 Å². The van der Waals surface area contributed by atoms with Crippen LogP contribution in [0.3, 0.4) is 0 Å². The monoisotopic (exact) mass is 895 g/mol. The number of carbonyl (C=O) groups is 3. The molecule has 2 saturated heterocycles. The number of piperidine rings is 2. The van der Waals surface area contributed by atoms with Gasteiger partial charge in [-0.1, -0.05) is 45.0 Å². The number of aryl methyl sites for hydroxylation is 2. The molecule has 0 radical (unpaired) electrons. The van der Waals surface area contributed by atoms with Crippen LogP contribution in [0.2, 0.25) is 0 Å². The Morgan fingerprint density at radius 3 is 1.78 bits per heavy atom. The Labute approximate surface area is 338 Å². The van der Waals surface area contributed by atoms with Gasteiger partial charge in [0.2, 0.25) is 11.8 Å². The van der Waals surface area contributed by atoms with Gasteiger partial charge < -0.3 is 24.6 Å². The Morgan fingerprint density at radius 1 is 0.855 bits per heavy atom. The van der Waals surface area contributed by atoms with Crippen LogP contribution in [-0.2, 0) is 25.9 Å². The summed E-state index contributed by atoms with van der Waals surface area (Å²) in [5.74, 6) is 1.46. The van der Waals surface area contributed by atoms with E-state index < -0.39 is 0 Å². The van der Waals surface area contributed by atoms with Gasteiger partial charge in [-0.3, -0.25) is 9.59 Å². The molecule has 55 heavy (non-hydrogen) atoms. The zero-order chi connectivity index (χ0) is 40.3. The van der Waals surface area contributed by atoms with Crippen molar-refractivity contribution < 1.29 is 33.6 Å². The fraction of sp³-hybridized carbons (Fsp3) is 0.500. The highest BCUT2D eigenvalue weighted by Gasteiger charge is 2.42. The molecule has 2 aromatic carbocycles. The van der Waals surface area contributed by atoms with Gasteiger partial charge in [-0.2, -0.15) is 9.97 Å². The minimum atomic E-state index is -0.374. The van der Waals surface area contributed by atoms with Gasteiger partial charge in [0, 0.05) is 38.4 Å². The second-order valence-electron chi connectivity index (χ2n) is 14.3. The van der Waals surface area contributed by atoms with Crippen LogP contribution >= 0.6 is 34.4 Å². The number of amides is 2. The summed E-state index contributed by atoms with van der Waals surface area (Å²) >= 11 is 7.12. The van der Waals surface area contributed by atoms with Gasteiger partial charge >= 0.3 is 6.03 Å². The largest absolute Gasteiger partial charge is 0.338 e. The number of benzene rings is 2. The fourth-order valence-electron chi connectivity index (χ4n) is 7.72. The summed E-state index contributed by atoms with van der Waals surface area (Å²) in [6.45, 7) is 7.21. The summed E-state index contributed by atoms with van der Waals surface area (Å²) in [5, 5.41) is 13.4. The first-order valence-corrected chi connectivity index (χ1v) is 19.9. The van der Waals surface area contributed by atoms with E-state index in [2.05, 4.69) is 35.8 Å². The summed E-state index contributed by atoms with van der Waals surface area (Å²) in [5.41, 5.74) is 3.06. The van der Waals surface area contributed by atoms with E-state index in [1.165, 1.54) is 24.3 Å². The maximum atomic E-state index is 13.4. The second-order valence-corrected chi connectivity index (χ2v) is 14.6. The fourth-order valence-corrected chi connectivity index (χ4v) is 7.84. The molecule has 0 unspecified atom stereocenters. The SMILES string of the molecule is Cc1noc(CNC(=O)N2CCC3(CC2)CC(=O)c2cc(F)ccc2C3)n1.Cc1noc(CNCl)n1.O=C1CC2(CCNCC2)Cc2ccc(F)cc21.[2H]CI. The lowest BCUT2D eigenvalue weighted by atomic mass is 9.66. The lowest BCUT2D eigenvalue weighted by molar-refractivity contribution is 0.0733. The Morgan fingerprint density at radius 2 is 1.33 bits per heavy atom. The number of alkyl halides is 1. The number of halogens is 4. The van der Waals surface area contributed by atoms with E-state index in [9.17, 15) is 23.2 Å². The van der Waals surface area contributed by atoms with Crippen molar-refractivity contribution in [2.75, 3.05) is 31.1 Å². The van der Waals surface area contributed by atoms with E-state index in [1.807, 2.05) is 22.6 Å². The number of likely N-dealkylation sites (tertiary alicyclic amines) is 1. The van der Waals surface area contributed by atoms with Crippen molar-refractivity contribution in [1.29, 1.82) is 0 Å². The van der Waals surface area contributed by atoms with E-state index in [0.717, 1.165) is 62.7 Å².